The summed E-state index contributed by atoms with van der Waals surface area (Å²) in [5.74, 6) is 0.462. The van der Waals surface area contributed by atoms with Crippen LogP contribution in [-0.4, -0.2) is 43.6 Å². The minimum absolute atomic E-state index is 0.400. The van der Waals surface area contributed by atoms with Crippen LogP contribution in [0.2, 0.25) is 10.0 Å². The molecule has 0 spiro atoms. The van der Waals surface area contributed by atoms with Crippen LogP contribution in [-0.2, 0) is 4.79 Å². The number of halogens is 2. The second-order valence-corrected chi connectivity index (χ2v) is 6.42. The van der Waals surface area contributed by atoms with Gasteiger partial charge in [0.25, 0.3) is 0 Å². The first kappa shape index (κ1) is 17.1. The number of anilines is 1. The van der Waals surface area contributed by atoms with E-state index in [1.54, 1.807) is 18.2 Å². The van der Waals surface area contributed by atoms with Gasteiger partial charge in [-0.2, -0.15) is 0 Å². The van der Waals surface area contributed by atoms with Crippen molar-refractivity contribution in [3.05, 3.63) is 58.6 Å². The van der Waals surface area contributed by atoms with E-state index in [9.17, 15) is 4.79 Å². The summed E-state index contributed by atoms with van der Waals surface area (Å²) in [6, 6.07) is 15.2. The molecule has 2 aromatic rings. The first-order valence-electron chi connectivity index (χ1n) is 7.78. The van der Waals surface area contributed by atoms with Crippen molar-refractivity contribution >= 4 is 35.2 Å². The number of aldehydes is 1. The molecular weight excluding hydrogens is 347 g/mol. The molecule has 1 saturated heterocycles. The van der Waals surface area contributed by atoms with E-state index >= 15 is 0 Å². The number of benzene rings is 2. The molecule has 0 bridgehead atoms. The van der Waals surface area contributed by atoms with E-state index in [1.807, 2.05) is 23.1 Å². The highest BCUT2D eigenvalue weighted by atomic mass is 35.5. The third kappa shape index (κ3) is 4.01. The molecule has 24 heavy (non-hydrogen) atoms. The second-order valence-electron chi connectivity index (χ2n) is 5.58. The number of hydrogen-bond acceptors (Lipinski definition) is 4. The summed E-state index contributed by atoms with van der Waals surface area (Å²) >= 11 is 12.0. The normalized spacial score (nSPS) is 16.7. The van der Waals surface area contributed by atoms with Gasteiger partial charge in [0.15, 0.2) is 6.29 Å². The highest BCUT2D eigenvalue weighted by Gasteiger charge is 2.25. The predicted octanol–water partition coefficient (Wildman–Crippen LogP) is 3.72. The molecule has 0 radical (unpaired) electrons. The number of rotatable bonds is 5. The molecule has 0 aliphatic carbocycles. The maximum Gasteiger partial charge on any atom is 0.209 e. The van der Waals surface area contributed by atoms with E-state index in [2.05, 4.69) is 17.0 Å². The topological polar surface area (TPSA) is 32.8 Å². The van der Waals surface area contributed by atoms with Gasteiger partial charge in [0, 0.05) is 36.9 Å². The Kier molecular flexibility index (Phi) is 5.61. The summed E-state index contributed by atoms with van der Waals surface area (Å²) in [5, 5.41) is 0.934. The highest BCUT2D eigenvalue weighted by molar-refractivity contribution is 6.35. The van der Waals surface area contributed by atoms with E-state index in [1.165, 1.54) is 5.69 Å². The molecule has 1 fully saturated rings. The Morgan fingerprint density at radius 2 is 1.71 bits per heavy atom. The van der Waals surface area contributed by atoms with Crippen LogP contribution in [0.25, 0.3) is 0 Å². The zero-order valence-corrected chi connectivity index (χ0v) is 14.6. The lowest BCUT2D eigenvalue weighted by molar-refractivity contribution is -0.121. The average molecular weight is 365 g/mol. The summed E-state index contributed by atoms with van der Waals surface area (Å²) in [6.45, 7) is 3.16. The Hall–Kier alpha value is -1.75. The smallest absolute Gasteiger partial charge is 0.209 e. The second kappa shape index (κ2) is 7.88. The molecule has 3 rings (SSSR count). The summed E-state index contributed by atoms with van der Waals surface area (Å²) in [6.07, 6.45) is 0.157. The quantitative estimate of drug-likeness (QED) is 0.757. The predicted molar refractivity (Wildman–Crippen MR) is 97.2 cm³/mol. The first-order valence-corrected chi connectivity index (χ1v) is 8.54. The Balaban J connectivity index is 1.62. The average Bonchev–Trinajstić information content (AvgIpc) is 2.62. The first-order chi connectivity index (χ1) is 11.7. The van der Waals surface area contributed by atoms with Crippen LogP contribution in [0.15, 0.2) is 48.5 Å². The zero-order valence-electron chi connectivity index (χ0n) is 13.1. The van der Waals surface area contributed by atoms with Crippen LogP contribution in [0.5, 0.6) is 5.75 Å². The number of nitrogens with zero attached hydrogens (tertiary/aromatic N) is 2. The van der Waals surface area contributed by atoms with Gasteiger partial charge in [-0.05, 0) is 30.3 Å². The minimum atomic E-state index is -0.651. The van der Waals surface area contributed by atoms with Crippen LogP contribution >= 0.6 is 23.2 Å². The Labute approximate surface area is 151 Å². The minimum Gasteiger partial charge on any atom is -0.467 e. The molecular formula is C18H18Cl2N2O2. The Bertz CT molecular complexity index is 689. The van der Waals surface area contributed by atoms with Crippen molar-refractivity contribution in [2.45, 2.75) is 6.23 Å². The molecule has 1 atom stereocenters. The molecule has 0 aromatic heterocycles. The van der Waals surface area contributed by atoms with Crippen LogP contribution in [0.1, 0.15) is 0 Å². The lowest BCUT2D eigenvalue weighted by Crippen LogP contribution is -2.52. The fraction of sp³-hybridized carbons (Fsp3) is 0.278. The maximum absolute atomic E-state index is 11.5. The van der Waals surface area contributed by atoms with Crippen molar-refractivity contribution in [2.24, 2.45) is 0 Å². The summed E-state index contributed by atoms with van der Waals surface area (Å²) < 4.78 is 5.78. The van der Waals surface area contributed by atoms with Crippen molar-refractivity contribution in [3.8, 4) is 5.75 Å². The Morgan fingerprint density at radius 1 is 1.00 bits per heavy atom. The molecule has 4 nitrogen and oxygen atoms in total. The van der Waals surface area contributed by atoms with E-state index < -0.39 is 6.23 Å². The number of carbonyl (C=O) groups excluding carboxylic acids is 1. The lowest BCUT2D eigenvalue weighted by atomic mass is 10.2. The van der Waals surface area contributed by atoms with Gasteiger partial charge < -0.3 is 9.64 Å². The van der Waals surface area contributed by atoms with Crippen LogP contribution in [0.3, 0.4) is 0 Å². The number of carbonyl (C=O) groups is 1. The van der Waals surface area contributed by atoms with Crippen molar-refractivity contribution < 1.29 is 9.53 Å². The molecule has 126 valence electrons. The van der Waals surface area contributed by atoms with E-state index in [0.29, 0.717) is 15.8 Å². The largest absolute Gasteiger partial charge is 0.467 e. The molecule has 1 aliphatic rings. The van der Waals surface area contributed by atoms with Crippen LogP contribution in [0, 0.1) is 0 Å². The van der Waals surface area contributed by atoms with Crippen molar-refractivity contribution in [1.82, 2.24) is 4.90 Å². The molecule has 0 N–H and O–H groups in total. The van der Waals surface area contributed by atoms with Gasteiger partial charge in [0.1, 0.15) is 5.75 Å². The standard InChI is InChI=1S/C18H18Cl2N2O2/c19-14-6-7-17(16(20)12-14)24-18(13-23)22-10-8-21(9-11-22)15-4-2-1-3-5-15/h1-7,12-13,18H,8-11H2. The van der Waals surface area contributed by atoms with Crippen molar-refractivity contribution in [1.29, 1.82) is 0 Å². The number of hydrogen-bond donors (Lipinski definition) is 0. The molecule has 2 aromatic carbocycles. The van der Waals surface area contributed by atoms with Gasteiger partial charge in [-0.3, -0.25) is 9.69 Å². The van der Waals surface area contributed by atoms with E-state index in [0.717, 1.165) is 32.5 Å². The molecule has 0 amide bonds. The Morgan fingerprint density at radius 3 is 2.33 bits per heavy atom. The third-order valence-corrected chi connectivity index (χ3v) is 4.58. The summed E-state index contributed by atoms with van der Waals surface area (Å²) in [4.78, 5) is 15.8. The van der Waals surface area contributed by atoms with Gasteiger partial charge in [0.2, 0.25) is 6.23 Å². The molecule has 0 saturated carbocycles. The molecule has 6 heteroatoms. The summed E-state index contributed by atoms with van der Waals surface area (Å²) in [7, 11) is 0. The maximum atomic E-state index is 11.5. The summed E-state index contributed by atoms with van der Waals surface area (Å²) in [5.41, 5.74) is 1.20. The van der Waals surface area contributed by atoms with Gasteiger partial charge in [-0.25, -0.2) is 0 Å². The monoisotopic (exact) mass is 364 g/mol. The van der Waals surface area contributed by atoms with Crippen LogP contribution in [0.4, 0.5) is 5.69 Å². The molecule has 1 unspecified atom stereocenters. The SMILES string of the molecule is O=CC(Oc1ccc(Cl)cc1Cl)N1CCN(c2ccccc2)CC1. The van der Waals surface area contributed by atoms with Gasteiger partial charge in [-0.1, -0.05) is 41.4 Å². The molecule has 1 aliphatic heterocycles. The molecule has 1 heterocycles. The van der Waals surface area contributed by atoms with Gasteiger partial charge >= 0.3 is 0 Å². The van der Waals surface area contributed by atoms with Crippen molar-refractivity contribution in [2.75, 3.05) is 31.1 Å². The number of para-hydroxylation sites is 1. The third-order valence-electron chi connectivity index (χ3n) is 4.05. The van der Waals surface area contributed by atoms with E-state index in [4.69, 9.17) is 27.9 Å². The number of piperazine rings is 1. The zero-order chi connectivity index (χ0) is 16.9. The fourth-order valence-electron chi connectivity index (χ4n) is 2.76. The fourth-order valence-corrected chi connectivity index (χ4v) is 3.22. The highest BCUT2D eigenvalue weighted by Crippen LogP contribution is 2.28. The lowest BCUT2D eigenvalue weighted by Gasteiger charge is -2.38. The van der Waals surface area contributed by atoms with Gasteiger partial charge in [-0.15, -0.1) is 0 Å². The van der Waals surface area contributed by atoms with Gasteiger partial charge in [0.05, 0.1) is 5.02 Å². The van der Waals surface area contributed by atoms with Crippen molar-refractivity contribution in [3.63, 3.8) is 0 Å². The van der Waals surface area contributed by atoms with E-state index in [-0.39, 0.29) is 0 Å². The van der Waals surface area contributed by atoms with Crippen LogP contribution < -0.4 is 9.64 Å². The number of ether oxygens (including phenoxy) is 1.